The van der Waals surface area contributed by atoms with Gasteiger partial charge < -0.3 is 4.90 Å². The molecule has 0 radical (unpaired) electrons. The third kappa shape index (κ3) is 2.15. The van der Waals surface area contributed by atoms with Crippen molar-refractivity contribution in [1.82, 2.24) is 4.90 Å². The topological polar surface area (TPSA) is 63.4 Å². The maximum atomic E-state index is 10.7. The zero-order valence-electron chi connectivity index (χ0n) is 6.66. The molecule has 5 heteroatoms. The second-order valence-corrected chi connectivity index (χ2v) is 4.82. The van der Waals surface area contributed by atoms with Crippen LogP contribution in [0, 0.1) is 0 Å². The molecule has 1 saturated heterocycles. The molecule has 0 aliphatic carbocycles. The number of nitrogens with two attached hydrogens (primary N) is 1. The summed E-state index contributed by atoms with van der Waals surface area (Å²) in [5.74, 6) is 0. The van der Waals surface area contributed by atoms with Gasteiger partial charge in [-0.05, 0) is 13.0 Å². The molecule has 1 aliphatic rings. The van der Waals surface area contributed by atoms with Crippen LogP contribution in [-0.2, 0) is 10.0 Å². The largest absolute Gasteiger partial charge is 0.301 e. The molecule has 1 rings (SSSR count). The van der Waals surface area contributed by atoms with Crippen molar-refractivity contribution in [2.24, 2.45) is 5.14 Å². The Hall–Kier alpha value is -0.130. The Morgan fingerprint density at radius 2 is 2.09 bits per heavy atom. The molecule has 0 aromatic heterocycles. The van der Waals surface area contributed by atoms with Gasteiger partial charge in [0.25, 0.3) is 0 Å². The average Bonchev–Trinajstić information content (AvgIpc) is 1.74. The number of nitrogens with zero attached hydrogens (tertiary/aromatic N) is 1. The van der Waals surface area contributed by atoms with Crippen LogP contribution >= 0.6 is 0 Å². The van der Waals surface area contributed by atoms with E-state index in [1.165, 1.54) is 0 Å². The van der Waals surface area contributed by atoms with E-state index in [1.54, 1.807) is 0 Å². The van der Waals surface area contributed by atoms with Crippen molar-refractivity contribution in [2.75, 3.05) is 19.6 Å². The molecule has 0 spiro atoms. The Balaban J connectivity index is 2.30. The summed E-state index contributed by atoms with van der Waals surface area (Å²) in [5, 5.41) is 4.63. The van der Waals surface area contributed by atoms with Crippen molar-refractivity contribution in [3.63, 3.8) is 0 Å². The number of likely N-dealkylation sites (tertiary alicyclic amines) is 1. The van der Waals surface area contributed by atoms with Crippen LogP contribution in [-0.4, -0.2) is 38.2 Å². The molecule has 1 heterocycles. The average molecular weight is 178 g/mol. The molecule has 0 amide bonds. The minimum Gasteiger partial charge on any atom is -0.301 e. The van der Waals surface area contributed by atoms with E-state index in [9.17, 15) is 8.42 Å². The fraction of sp³-hybridized carbons (Fsp3) is 1.00. The minimum atomic E-state index is -3.26. The van der Waals surface area contributed by atoms with Crippen LogP contribution in [0.25, 0.3) is 0 Å². The molecule has 0 saturated carbocycles. The second kappa shape index (κ2) is 3.08. The van der Waals surface area contributed by atoms with Crippen LogP contribution in [0.5, 0.6) is 0 Å². The fourth-order valence-corrected chi connectivity index (χ4v) is 2.07. The standard InChI is InChI=1S/C6H14N2O2S/c1-2-3-8-4-6(5-8)11(7,9)10/h6H,2-5H2,1H3,(H2,7,9,10). The first-order valence-corrected chi connectivity index (χ1v) is 5.39. The smallest absolute Gasteiger partial charge is 0.214 e. The normalized spacial score (nSPS) is 21.6. The summed E-state index contributed by atoms with van der Waals surface area (Å²) < 4.78 is 21.4. The highest BCUT2D eigenvalue weighted by molar-refractivity contribution is 7.89. The Morgan fingerprint density at radius 3 is 2.45 bits per heavy atom. The van der Waals surface area contributed by atoms with Crippen LogP contribution in [0.2, 0.25) is 0 Å². The predicted molar refractivity (Wildman–Crippen MR) is 43.6 cm³/mol. The first kappa shape index (κ1) is 8.96. The van der Waals surface area contributed by atoms with Gasteiger partial charge in [-0.3, -0.25) is 0 Å². The molecule has 0 bridgehead atoms. The van der Waals surface area contributed by atoms with Crippen molar-refractivity contribution >= 4 is 10.0 Å². The molecule has 4 nitrogen and oxygen atoms in total. The quantitative estimate of drug-likeness (QED) is 0.626. The van der Waals surface area contributed by atoms with Gasteiger partial charge in [0, 0.05) is 13.1 Å². The van der Waals surface area contributed by atoms with Gasteiger partial charge in [-0.15, -0.1) is 0 Å². The molecule has 11 heavy (non-hydrogen) atoms. The van der Waals surface area contributed by atoms with Gasteiger partial charge in [0.05, 0.1) is 0 Å². The van der Waals surface area contributed by atoms with E-state index >= 15 is 0 Å². The summed E-state index contributed by atoms with van der Waals surface area (Å²) in [5.41, 5.74) is 0. The number of hydrogen-bond donors (Lipinski definition) is 1. The Morgan fingerprint density at radius 1 is 1.55 bits per heavy atom. The number of primary sulfonamides is 1. The lowest BCUT2D eigenvalue weighted by Gasteiger charge is -2.37. The van der Waals surface area contributed by atoms with Crippen molar-refractivity contribution in [3.05, 3.63) is 0 Å². The zero-order valence-corrected chi connectivity index (χ0v) is 7.47. The monoisotopic (exact) mass is 178 g/mol. The van der Waals surface area contributed by atoms with Crippen molar-refractivity contribution in [3.8, 4) is 0 Å². The van der Waals surface area contributed by atoms with Gasteiger partial charge in [-0.2, -0.15) is 0 Å². The lowest BCUT2D eigenvalue weighted by atomic mass is 10.2. The number of sulfonamides is 1. The van der Waals surface area contributed by atoms with E-state index in [0.717, 1.165) is 13.0 Å². The molecule has 2 N–H and O–H groups in total. The highest BCUT2D eigenvalue weighted by Gasteiger charge is 2.34. The van der Waals surface area contributed by atoms with Crippen molar-refractivity contribution in [2.45, 2.75) is 18.6 Å². The first-order chi connectivity index (χ1) is 5.04. The van der Waals surface area contributed by atoms with E-state index in [4.69, 9.17) is 5.14 Å². The summed E-state index contributed by atoms with van der Waals surface area (Å²) in [6.07, 6.45) is 1.07. The maximum absolute atomic E-state index is 10.7. The van der Waals surface area contributed by atoms with Gasteiger partial charge in [0.1, 0.15) is 5.25 Å². The molecule has 0 unspecified atom stereocenters. The van der Waals surface area contributed by atoms with E-state index in [2.05, 4.69) is 11.8 Å². The van der Waals surface area contributed by atoms with Gasteiger partial charge in [0.15, 0.2) is 0 Å². The van der Waals surface area contributed by atoms with Crippen LogP contribution < -0.4 is 5.14 Å². The fourth-order valence-electron chi connectivity index (χ4n) is 1.23. The molecule has 0 aromatic carbocycles. The summed E-state index contributed by atoms with van der Waals surface area (Å²) in [4.78, 5) is 2.09. The molecular formula is C6H14N2O2S. The Labute approximate surface area is 67.4 Å². The van der Waals surface area contributed by atoms with Crippen LogP contribution in [0.15, 0.2) is 0 Å². The van der Waals surface area contributed by atoms with Crippen LogP contribution in [0.4, 0.5) is 0 Å². The SMILES string of the molecule is CCCN1CC(S(N)(=O)=O)C1. The summed E-state index contributed by atoms with van der Waals surface area (Å²) in [7, 11) is -3.26. The lowest BCUT2D eigenvalue weighted by Crippen LogP contribution is -2.56. The predicted octanol–water partition coefficient (Wildman–Crippen LogP) is -0.631. The van der Waals surface area contributed by atoms with Crippen LogP contribution in [0.1, 0.15) is 13.3 Å². The van der Waals surface area contributed by atoms with Crippen molar-refractivity contribution in [1.29, 1.82) is 0 Å². The molecule has 66 valence electrons. The zero-order chi connectivity index (χ0) is 8.48. The van der Waals surface area contributed by atoms with E-state index < -0.39 is 10.0 Å². The minimum absolute atomic E-state index is 0.311. The molecule has 1 aliphatic heterocycles. The maximum Gasteiger partial charge on any atom is 0.214 e. The summed E-state index contributed by atoms with van der Waals surface area (Å²) in [6.45, 7) is 4.29. The number of rotatable bonds is 3. The van der Waals surface area contributed by atoms with Gasteiger partial charge in [-0.25, -0.2) is 13.6 Å². The van der Waals surface area contributed by atoms with E-state index in [1.807, 2.05) is 0 Å². The molecule has 0 aromatic rings. The first-order valence-electron chi connectivity index (χ1n) is 3.78. The summed E-state index contributed by atoms with van der Waals surface area (Å²) >= 11 is 0. The third-order valence-electron chi connectivity index (χ3n) is 1.93. The van der Waals surface area contributed by atoms with Gasteiger partial charge in [0.2, 0.25) is 10.0 Å². The van der Waals surface area contributed by atoms with Gasteiger partial charge in [-0.1, -0.05) is 6.92 Å². The Kier molecular flexibility index (Phi) is 2.51. The van der Waals surface area contributed by atoms with Gasteiger partial charge >= 0.3 is 0 Å². The highest BCUT2D eigenvalue weighted by atomic mass is 32.2. The highest BCUT2D eigenvalue weighted by Crippen LogP contribution is 2.13. The molecule has 1 fully saturated rings. The van der Waals surface area contributed by atoms with Crippen molar-refractivity contribution < 1.29 is 8.42 Å². The van der Waals surface area contributed by atoms with Crippen LogP contribution in [0.3, 0.4) is 0 Å². The summed E-state index contributed by atoms with van der Waals surface area (Å²) in [6, 6.07) is 0. The Bertz CT molecular complexity index is 219. The van der Waals surface area contributed by atoms with E-state index in [0.29, 0.717) is 13.1 Å². The molecule has 0 atom stereocenters. The van der Waals surface area contributed by atoms with E-state index in [-0.39, 0.29) is 5.25 Å². The lowest BCUT2D eigenvalue weighted by molar-refractivity contribution is 0.185. The number of hydrogen-bond acceptors (Lipinski definition) is 3. The second-order valence-electron chi connectivity index (χ2n) is 2.97. The molecular weight excluding hydrogens is 164 g/mol. The third-order valence-corrected chi connectivity index (χ3v) is 3.16.